The summed E-state index contributed by atoms with van der Waals surface area (Å²) in [5.41, 5.74) is 0. The van der Waals surface area contributed by atoms with Crippen LogP contribution in [0.3, 0.4) is 0 Å². The molecule has 23 heavy (non-hydrogen) atoms. The van der Waals surface area contributed by atoms with Crippen molar-refractivity contribution in [2.75, 3.05) is 31.1 Å². The first-order chi connectivity index (χ1) is 11.1. The van der Waals surface area contributed by atoms with Gasteiger partial charge in [0.25, 0.3) is 10.2 Å². The van der Waals surface area contributed by atoms with E-state index in [1.807, 2.05) is 11.8 Å². The Morgan fingerprint density at radius 3 is 2.70 bits per heavy atom. The van der Waals surface area contributed by atoms with Crippen molar-refractivity contribution >= 4 is 16.2 Å². The number of hydrogen-bond acceptors (Lipinski definition) is 5. The van der Waals surface area contributed by atoms with E-state index >= 15 is 0 Å². The Hall–Kier alpha value is -1.25. The topological polar surface area (TPSA) is 78.4 Å². The van der Waals surface area contributed by atoms with Crippen LogP contribution in [0, 0.1) is 5.92 Å². The maximum Gasteiger partial charge on any atom is 0.279 e. The first-order valence-electron chi connectivity index (χ1n) is 8.38. The third-order valence-electron chi connectivity index (χ3n) is 4.42. The zero-order valence-electron chi connectivity index (χ0n) is 13.6. The Morgan fingerprint density at radius 2 is 2.04 bits per heavy atom. The first-order valence-corrected chi connectivity index (χ1v) is 9.82. The molecule has 8 heteroatoms. The molecule has 1 aliphatic heterocycles. The van der Waals surface area contributed by atoms with E-state index in [-0.39, 0.29) is 6.04 Å². The van der Waals surface area contributed by atoms with Crippen LogP contribution in [0.15, 0.2) is 18.5 Å². The van der Waals surface area contributed by atoms with Crippen molar-refractivity contribution in [1.82, 2.24) is 19.0 Å². The van der Waals surface area contributed by atoms with Gasteiger partial charge in [0.1, 0.15) is 0 Å². The van der Waals surface area contributed by atoms with Crippen molar-refractivity contribution < 1.29 is 8.42 Å². The molecule has 1 aromatic heterocycles. The van der Waals surface area contributed by atoms with Crippen LogP contribution >= 0.6 is 0 Å². The molecule has 1 aromatic rings. The minimum atomic E-state index is -3.42. The second kappa shape index (κ2) is 7.11. The lowest BCUT2D eigenvalue weighted by Gasteiger charge is -2.34. The maximum atomic E-state index is 12.6. The second-order valence-corrected chi connectivity index (χ2v) is 8.05. The van der Waals surface area contributed by atoms with E-state index in [1.165, 1.54) is 0 Å². The van der Waals surface area contributed by atoms with E-state index in [0.29, 0.717) is 31.5 Å². The predicted octanol–water partition coefficient (Wildman–Crippen LogP) is 1.01. The SMILES string of the molecule is CCN(CC1CC1)S(=O)(=O)NC1CCCN(c2ncccn2)C1. The van der Waals surface area contributed by atoms with Gasteiger partial charge in [0.15, 0.2) is 0 Å². The molecule has 1 N–H and O–H groups in total. The summed E-state index contributed by atoms with van der Waals surface area (Å²) in [7, 11) is -3.42. The summed E-state index contributed by atoms with van der Waals surface area (Å²) in [5.74, 6) is 1.22. The smallest absolute Gasteiger partial charge is 0.279 e. The van der Waals surface area contributed by atoms with Crippen LogP contribution in [0.4, 0.5) is 5.95 Å². The lowest BCUT2D eigenvalue weighted by atomic mass is 10.1. The Labute approximate surface area is 138 Å². The van der Waals surface area contributed by atoms with Crippen molar-refractivity contribution in [3.8, 4) is 0 Å². The molecule has 1 saturated heterocycles. The van der Waals surface area contributed by atoms with E-state index < -0.39 is 10.2 Å². The maximum absolute atomic E-state index is 12.6. The third-order valence-corrected chi connectivity index (χ3v) is 6.14. The van der Waals surface area contributed by atoms with Gasteiger partial charge in [0, 0.05) is 44.6 Å². The molecule has 0 radical (unpaired) electrons. The van der Waals surface area contributed by atoms with Crippen LogP contribution in [0.1, 0.15) is 32.6 Å². The Balaban J connectivity index is 1.62. The van der Waals surface area contributed by atoms with Crippen molar-refractivity contribution in [2.45, 2.75) is 38.6 Å². The molecule has 3 rings (SSSR count). The Bertz CT molecular complexity index is 606. The number of rotatable bonds is 7. The van der Waals surface area contributed by atoms with Gasteiger partial charge in [0.2, 0.25) is 5.95 Å². The minimum Gasteiger partial charge on any atom is -0.339 e. The molecule has 2 fully saturated rings. The zero-order valence-corrected chi connectivity index (χ0v) is 14.4. The molecule has 0 amide bonds. The molecule has 7 nitrogen and oxygen atoms in total. The molecule has 1 aliphatic carbocycles. The summed E-state index contributed by atoms with van der Waals surface area (Å²) in [6, 6.07) is 1.69. The highest BCUT2D eigenvalue weighted by atomic mass is 32.2. The number of anilines is 1. The van der Waals surface area contributed by atoms with Gasteiger partial charge in [-0.3, -0.25) is 0 Å². The number of aromatic nitrogens is 2. The summed E-state index contributed by atoms with van der Waals surface area (Å²) in [6.45, 7) is 4.53. The van der Waals surface area contributed by atoms with Crippen LogP contribution in [-0.4, -0.2) is 54.9 Å². The van der Waals surface area contributed by atoms with Gasteiger partial charge in [0.05, 0.1) is 0 Å². The first kappa shape index (κ1) is 16.6. The zero-order chi connectivity index (χ0) is 16.3. The van der Waals surface area contributed by atoms with E-state index in [0.717, 1.165) is 32.2 Å². The van der Waals surface area contributed by atoms with Gasteiger partial charge in [-0.15, -0.1) is 0 Å². The molecule has 0 bridgehead atoms. The Kier molecular flexibility index (Phi) is 5.13. The van der Waals surface area contributed by atoms with Crippen LogP contribution in [0.5, 0.6) is 0 Å². The van der Waals surface area contributed by atoms with E-state index in [9.17, 15) is 8.42 Å². The summed E-state index contributed by atoms with van der Waals surface area (Å²) in [4.78, 5) is 10.6. The second-order valence-electron chi connectivity index (χ2n) is 6.35. The predicted molar refractivity (Wildman–Crippen MR) is 89.3 cm³/mol. The summed E-state index contributed by atoms with van der Waals surface area (Å²) >= 11 is 0. The van der Waals surface area contributed by atoms with Crippen LogP contribution in [0.2, 0.25) is 0 Å². The molecule has 0 spiro atoms. The molecule has 2 heterocycles. The van der Waals surface area contributed by atoms with Crippen LogP contribution in [-0.2, 0) is 10.2 Å². The van der Waals surface area contributed by atoms with Crippen molar-refractivity contribution in [3.05, 3.63) is 18.5 Å². The normalized spacial score (nSPS) is 22.5. The molecular weight excluding hydrogens is 314 g/mol. The van der Waals surface area contributed by atoms with Gasteiger partial charge in [-0.1, -0.05) is 6.92 Å². The lowest BCUT2D eigenvalue weighted by molar-refractivity contribution is 0.386. The van der Waals surface area contributed by atoms with Crippen molar-refractivity contribution in [2.24, 2.45) is 5.92 Å². The van der Waals surface area contributed by atoms with Gasteiger partial charge in [-0.2, -0.15) is 17.4 Å². The highest BCUT2D eigenvalue weighted by molar-refractivity contribution is 7.87. The van der Waals surface area contributed by atoms with Gasteiger partial charge in [-0.05, 0) is 37.7 Å². The van der Waals surface area contributed by atoms with E-state index in [2.05, 4.69) is 14.7 Å². The number of hydrogen-bond donors (Lipinski definition) is 1. The van der Waals surface area contributed by atoms with E-state index in [1.54, 1.807) is 22.8 Å². The standard InChI is InChI=1S/C15H25N5O2S/c1-2-20(11-13-6-7-13)23(21,22)18-14-5-3-10-19(12-14)15-16-8-4-9-17-15/h4,8-9,13-14,18H,2-3,5-7,10-12H2,1H3. The minimum absolute atomic E-state index is 0.0918. The fraction of sp³-hybridized carbons (Fsp3) is 0.733. The molecule has 1 saturated carbocycles. The van der Waals surface area contributed by atoms with Gasteiger partial charge in [-0.25, -0.2) is 9.97 Å². The average Bonchev–Trinajstić information content (AvgIpc) is 3.37. The third kappa shape index (κ3) is 4.39. The van der Waals surface area contributed by atoms with Crippen LogP contribution < -0.4 is 9.62 Å². The molecule has 128 valence electrons. The fourth-order valence-corrected chi connectivity index (χ4v) is 4.49. The number of nitrogens with one attached hydrogen (secondary N) is 1. The van der Waals surface area contributed by atoms with Gasteiger partial charge >= 0.3 is 0 Å². The van der Waals surface area contributed by atoms with E-state index in [4.69, 9.17) is 0 Å². The number of piperidine rings is 1. The van der Waals surface area contributed by atoms with Crippen molar-refractivity contribution in [3.63, 3.8) is 0 Å². The Morgan fingerprint density at radius 1 is 1.30 bits per heavy atom. The van der Waals surface area contributed by atoms with Crippen LogP contribution in [0.25, 0.3) is 0 Å². The summed E-state index contributed by atoms with van der Waals surface area (Å²) in [5, 5.41) is 0. The quantitative estimate of drug-likeness (QED) is 0.802. The molecule has 1 atom stereocenters. The molecular formula is C15H25N5O2S. The average molecular weight is 339 g/mol. The fourth-order valence-electron chi connectivity index (χ4n) is 2.98. The number of nitrogens with zero attached hydrogens (tertiary/aromatic N) is 4. The highest BCUT2D eigenvalue weighted by Crippen LogP contribution is 2.30. The summed E-state index contributed by atoms with van der Waals surface area (Å²) < 4.78 is 29.7. The van der Waals surface area contributed by atoms with Crippen molar-refractivity contribution in [1.29, 1.82) is 0 Å². The summed E-state index contributed by atoms with van der Waals surface area (Å²) in [6.07, 6.45) is 7.50. The molecule has 2 aliphatic rings. The van der Waals surface area contributed by atoms with Gasteiger partial charge < -0.3 is 4.90 Å². The lowest BCUT2D eigenvalue weighted by Crippen LogP contribution is -2.52. The molecule has 0 aromatic carbocycles. The monoisotopic (exact) mass is 339 g/mol. The molecule has 1 unspecified atom stereocenters. The largest absolute Gasteiger partial charge is 0.339 e. The highest BCUT2D eigenvalue weighted by Gasteiger charge is 2.32.